The Morgan fingerprint density at radius 2 is 1.92 bits per heavy atom. The molecule has 0 aliphatic carbocycles. The highest BCUT2D eigenvalue weighted by Crippen LogP contribution is 2.28. The summed E-state index contributed by atoms with van der Waals surface area (Å²) in [5.41, 5.74) is 4.01. The second-order valence-electron chi connectivity index (χ2n) is 7.18. The Morgan fingerprint density at radius 3 is 2.65 bits per heavy atom. The van der Waals surface area contributed by atoms with Crippen molar-refractivity contribution in [2.75, 3.05) is 44.3 Å². The minimum absolute atomic E-state index is 0.121. The fourth-order valence-electron chi connectivity index (χ4n) is 4.05. The number of rotatable bonds is 3. The van der Waals surface area contributed by atoms with Gasteiger partial charge in [-0.15, -0.1) is 0 Å². The van der Waals surface area contributed by atoms with E-state index in [0.29, 0.717) is 13.2 Å². The molecular formula is C20H26N4O2. The maximum atomic E-state index is 13.2. The molecule has 26 heavy (non-hydrogen) atoms. The lowest BCUT2D eigenvalue weighted by Crippen LogP contribution is -2.38. The molecule has 0 spiro atoms. The quantitative estimate of drug-likeness (QED) is 0.849. The van der Waals surface area contributed by atoms with Crippen LogP contribution in [-0.2, 0) is 4.74 Å². The molecule has 0 radical (unpaired) electrons. The molecule has 1 aromatic carbocycles. The lowest BCUT2D eigenvalue weighted by molar-refractivity contribution is 0.0786. The van der Waals surface area contributed by atoms with Gasteiger partial charge in [-0.2, -0.15) is 5.10 Å². The van der Waals surface area contributed by atoms with Crippen LogP contribution >= 0.6 is 0 Å². The highest BCUT2D eigenvalue weighted by Gasteiger charge is 2.31. The lowest BCUT2D eigenvalue weighted by atomic mass is 10.1. The summed E-state index contributed by atoms with van der Waals surface area (Å²) in [6, 6.07) is 10.3. The van der Waals surface area contributed by atoms with Gasteiger partial charge in [0, 0.05) is 37.6 Å². The molecule has 2 fully saturated rings. The number of anilines is 1. The first-order valence-electron chi connectivity index (χ1n) is 9.37. The maximum Gasteiger partial charge on any atom is 0.256 e. The Balaban J connectivity index is 1.53. The molecule has 0 unspecified atom stereocenters. The van der Waals surface area contributed by atoms with Crippen molar-refractivity contribution in [3.05, 3.63) is 47.3 Å². The van der Waals surface area contributed by atoms with E-state index in [1.54, 1.807) is 0 Å². The highest BCUT2D eigenvalue weighted by atomic mass is 16.5. The van der Waals surface area contributed by atoms with Crippen molar-refractivity contribution in [1.29, 1.82) is 0 Å². The Hall–Kier alpha value is -2.34. The first-order valence-corrected chi connectivity index (χ1v) is 9.37. The monoisotopic (exact) mass is 354 g/mol. The number of para-hydroxylation sites is 1. The van der Waals surface area contributed by atoms with Crippen molar-refractivity contribution < 1.29 is 9.53 Å². The first-order chi connectivity index (χ1) is 12.6. The SMILES string of the molecule is Cc1cc(C)n([C@H]2CCN(C(=O)c3ccccc3N3CCOCC3)C2)n1. The van der Waals surface area contributed by atoms with Gasteiger partial charge in [0.1, 0.15) is 0 Å². The Labute approximate surface area is 154 Å². The summed E-state index contributed by atoms with van der Waals surface area (Å²) < 4.78 is 7.53. The van der Waals surface area contributed by atoms with Gasteiger partial charge in [-0.25, -0.2) is 0 Å². The van der Waals surface area contributed by atoms with E-state index in [1.807, 2.05) is 36.1 Å². The van der Waals surface area contributed by atoms with Gasteiger partial charge in [-0.3, -0.25) is 9.48 Å². The zero-order chi connectivity index (χ0) is 18.1. The van der Waals surface area contributed by atoms with Crippen LogP contribution in [0.2, 0.25) is 0 Å². The second kappa shape index (κ2) is 7.11. The minimum Gasteiger partial charge on any atom is -0.378 e. The largest absolute Gasteiger partial charge is 0.378 e. The fourth-order valence-corrected chi connectivity index (χ4v) is 4.05. The zero-order valence-electron chi connectivity index (χ0n) is 15.5. The van der Waals surface area contributed by atoms with Crippen LogP contribution < -0.4 is 4.90 Å². The molecule has 138 valence electrons. The second-order valence-corrected chi connectivity index (χ2v) is 7.18. The number of morpholine rings is 1. The standard InChI is InChI=1S/C20H26N4O2/c1-15-13-16(2)24(21-15)17-7-8-23(14-17)20(25)18-5-3-4-6-19(18)22-9-11-26-12-10-22/h3-6,13,17H,7-12,14H2,1-2H3/t17-/m0/s1. The zero-order valence-corrected chi connectivity index (χ0v) is 15.5. The average molecular weight is 354 g/mol. The molecule has 2 aliphatic rings. The van der Waals surface area contributed by atoms with Crippen molar-refractivity contribution in [3.63, 3.8) is 0 Å². The van der Waals surface area contributed by atoms with Crippen LogP contribution in [-0.4, -0.2) is 60.0 Å². The van der Waals surface area contributed by atoms with Gasteiger partial charge in [0.2, 0.25) is 0 Å². The molecule has 0 saturated carbocycles. The molecule has 2 aliphatic heterocycles. The third kappa shape index (κ3) is 3.21. The van der Waals surface area contributed by atoms with Gasteiger partial charge >= 0.3 is 0 Å². The third-order valence-electron chi connectivity index (χ3n) is 5.33. The van der Waals surface area contributed by atoms with Crippen molar-refractivity contribution >= 4 is 11.6 Å². The smallest absolute Gasteiger partial charge is 0.256 e. The summed E-state index contributed by atoms with van der Waals surface area (Å²) in [5.74, 6) is 0.121. The molecule has 6 heteroatoms. The van der Waals surface area contributed by atoms with E-state index in [-0.39, 0.29) is 11.9 Å². The Morgan fingerprint density at radius 1 is 1.15 bits per heavy atom. The number of carbonyl (C=O) groups excluding carboxylic acids is 1. The van der Waals surface area contributed by atoms with Gasteiger partial charge in [-0.05, 0) is 38.5 Å². The van der Waals surface area contributed by atoms with Gasteiger partial charge in [-0.1, -0.05) is 12.1 Å². The molecule has 2 aromatic rings. The van der Waals surface area contributed by atoms with Gasteiger partial charge < -0.3 is 14.5 Å². The van der Waals surface area contributed by atoms with Gasteiger partial charge in [0.25, 0.3) is 5.91 Å². The van der Waals surface area contributed by atoms with E-state index in [2.05, 4.69) is 27.7 Å². The number of likely N-dealkylation sites (tertiary alicyclic amines) is 1. The molecule has 4 rings (SSSR count). The number of hydrogen-bond donors (Lipinski definition) is 0. The topological polar surface area (TPSA) is 50.6 Å². The molecular weight excluding hydrogens is 328 g/mol. The molecule has 1 atom stereocenters. The summed E-state index contributed by atoms with van der Waals surface area (Å²) in [4.78, 5) is 17.4. The number of aryl methyl sites for hydroxylation is 2. The normalized spacial score (nSPS) is 20.6. The van der Waals surface area contributed by atoms with Crippen molar-refractivity contribution in [2.24, 2.45) is 0 Å². The van der Waals surface area contributed by atoms with Crippen LogP contribution in [0.15, 0.2) is 30.3 Å². The first kappa shape index (κ1) is 17.1. The number of carbonyl (C=O) groups is 1. The van der Waals surface area contributed by atoms with Gasteiger partial charge in [0.15, 0.2) is 0 Å². The molecule has 2 saturated heterocycles. The maximum absolute atomic E-state index is 13.2. The van der Waals surface area contributed by atoms with E-state index in [9.17, 15) is 4.79 Å². The van der Waals surface area contributed by atoms with Crippen molar-refractivity contribution in [2.45, 2.75) is 26.3 Å². The predicted octanol–water partition coefficient (Wildman–Crippen LogP) is 2.42. The molecule has 6 nitrogen and oxygen atoms in total. The fraction of sp³-hybridized carbons (Fsp3) is 0.500. The summed E-state index contributed by atoms with van der Waals surface area (Å²) in [6.07, 6.45) is 0.952. The van der Waals surface area contributed by atoms with Crippen LogP contribution in [0.5, 0.6) is 0 Å². The molecule has 0 bridgehead atoms. The summed E-state index contributed by atoms with van der Waals surface area (Å²) in [6.45, 7) is 8.69. The van der Waals surface area contributed by atoms with Gasteiger partial charge in [0.05, 0.1) is 30.5 Å². The summed E-state index contributed by atoms with van der Waals surface area (Å²) in [5, 5.41) is 4.61. The summed E-state index contributed by atoms with van der Waals surface area (Å²) >= 11 is 0. The number of aromatic nitrogens is 2. The van der Waals surface area contributed by atoms with Crippen LogP contribution in [0, 0.1) is 13.8 Å². The van der Waals surface area contributed by atoms with E-state index in [1.165, 1.54) is 0 Å². The predicted molar refractivity (Wildman–Crippen MR) is 101 cm³/mol. The number of amides is 1. The minimum atomic E-state index is 0.121. The van der Waals surface area contributed by atoms with Crippen LogP contribution in [0.25, 0.3) is 0 Å². The number of ether oxygens (including phenoxy) is 1. The van der Waals surface area contributed by atoms with Crippen molar-refractivity contribution in [3.8, 4) is 0 Å². The number of nitrogens with zero attached hydrogens (tertiary/aromatic N) is 4. The molecule has 3 heterocycles. The average Bonchev–Trinajstić information content (AvgIpc) is 3.28. The van der Waals surface area contributed by atoms with E-state index in [4.69, 9.17) is 4.74 Å². The number of benzene rings is 1. The Kier molecular flexibility index (Phi) is 4.68. The van der Waals surface area contributed by atoms with E-state index < -0.39 is 0 Å². The van der Waals surface area contributed by atoms with E-state index >= 15 is 0 Å². The number of hydrogen-bond acceptors (Lipinski definition) is 4. The van der Waals surface area contributed by atoms with Crippen LogP contribution in [0.1, 0.15) is 34.2 Å². The van der Waals surface area contributed by atoms with Crippen molar-refractivity contribution in [1.82, 2.24) is 14.7 Å². The summed E-state index contributed by atoms with van der Waals surface area (Å²) in [7, 11) is 0. The third-order valence-corrected chi connectivity index (χ3v) is 5.33. The lowest BCUT2D eigenvalue weighted by Gasteiger charge is -2.31. The van der Waals surface area contributed by atoms with E-state index in [0.717, 1.165) is 55.2 Å². The van der Waals surface area contributed by atoms with Crippen LogP contribution in [0.3, 0.4) is 0 Å². The molecule has 1 aromatic heterocycles. The molecule has 0 N–H and O–H groups in total. The Bertz CT molecular complexity index is 795. The highest BCUT2D eigenvalue weighted by molar-refractivity contribution is 6.00. The molecule has 1 amide bonds. The van der Waals surface area contributed by atoms with Crippen LogP contribution in [0.4, 0.5) is 5.69 Å².